The van der Waals surface area contributed by atoms with E-state index in [0.29, 0.717) is 5.82 Å². The van der Waals surface area contributed by atoms with Gasteiger partial charge in [-0.2, -0.15) is 0 Å². The number of hydrogen-bond acceptors (Lipinski definition) is 3. The largest absolute Gasteiger partial charge is 0.481 e. The van der Waals surface area contributed by atoms with Crippen LogP contribution in [0, 0.1) is 0 Å². The molecular weight excluding hydrogens is 208 g/mol. The van der Waals surface area contributed by atoms with Crippen molar-refractivity contribution in [3.63, 3.8) is 0 Å². The van der Waals surface area contributed by atoms with Gasteiger partial charge in [-0.3, -0.25) is 9.59 Å². The minimum atomic E-state index is -0.954. The number of carboxylic acid groups (broad SMARTS) is 1. The Morgan fingerprint density at radius 1 is 1.25 bits per heavy atom. The third kappa shape index (κ3) is 2.29. The van der Waals surface area contributed by atoms with Crippen LogP contribution in [0.5, 0.6) is 0 Å². The number of Topliss-reactive ketones (excluding diaryl/α,β-unsaturated/α-hetero) is 1. The molecule has 0 atom stereocenters. The maximum Gasteiger partial charge on any atom is 0.303 e. The Morgan fingerprint density at radius 2 is 2.00 bits per heavy atom. The normalized spacial score (nSPS) is 14.5. The zero-order chi connectivity index (χ0) is 11.5. The van der Waals surface area contributed by atoms with Crippen molar-refractivity contribution < 1.29 is 14.7 Å². The molecule has 0 fully saturated rings. The van der Waals surface area contributed by atoms with Gasteiger partial charge in [-0.15, -0.1) is 0 Å². The summed E-state index contributed by atoms with van der Waals surface area (Å²) in [5.41, 5.74) is 2.02. The third-order valence-corrected chi connectivity index (χ3v) is 2.78. The Labute approximate surface area is 92.9 Å². The number of aliphatic carboxylic acids is 1. The molecule has 1 aromatic heterocycles. The van der Waals surface area contributed by atoms with E-state index in [1.807, 2.05) is 0 Å². The first-order chi connectivity index (χ1) is 7.66. The van der Waals surface area contributed by atoms with E-state index in [0.717, 1.165) is 37.1 Å². The molecule has 1 aromatic rings. The first-order valence-electron chi connectivity index (χ1n) is 5.49. The second kappa shape index (κ2) is 4.47. The molecule has 0 spiro atoms. The minimum Gasteiger partial charge on any atom is -0.481 e. The number of fused-ring (bicyclic) bond motifs is 1. The SMILES string of the molecule is O=C(O)CCC(=O)c1nc2c([nH]1)CCCC2. The van der Waals surface area contributed by atoms with Crippen molar-refractivity contribution >= 4 is 11.8 Å². The molecule has 2 rings (SSSR count). The third-order valence-electron chi connectivity index (χ3n) is 2.78. The smallest absolute Gasteiger partial charge is 0.303 e. The highest BCUT2D eigenvalue weighted by molar-refractivity contribution is 5.94. The number of aromatic nitrogens is 2. The summed E-state index contributed by atoms with van der Waals surface area (Å²) in [5, 5.41) is 8.49. The molecule has 1 heterocycles. The van der Waals surface area contributed by atoms with Gasteiger partial charge in [0.15, 0.2) is 11.6 Å². The molecular formula is C11H14N2O3. The molecule has 0 aliphatic heterocycles. The fraction of sp³-hybridized carbons (Fsp3) is 0.545. The van der Waals surface area contributed by atoms with E-state index in [2.05, 4.69) is 9.97 Å². The van der Waals surface area contributed by atoms with Gasteiger partial charge in [-0.1, -0.05) is 0 Å². The number of carbonyl (C=O) groups is 2. The molecule has 5 nitrogen and oxygen atoms in total. The Morgan fingerprint density at radius 3 is 2.69 bits per heavy atom. The van der Waals surface area contributed by atoms with Crippen LogP contribution in [0.1, 0.15) is 47.7 Å². The number of carbonyl (C=O) groups excluding carboxylic acids is 1. The number of aryl methyl sites for hydroxylation is 2. The average molecular weight is 222 g/mol. The van der Waals surface area contributed by atoms with Crippen LogP contribution in [0.15, 0.2) is 0 Å². The lowest BCUT2D eigenvalue weighted by Gasteiger charge is -2.07. The molecule has 1 aliphatic carbocycles. The van der Waals surface area contributed by atoms with E-state index >= 15 is 0 Å². The molecule has 0 unspecified atom stereocenters. The van der Waals surface area contributed by atoms with Gasteiger partial charge in [-0.25, -0.2) is 4.98 Å². The lowest BCUT2D eigenvalue weighted by atomic mass is 10.0. The summed E-state index contributed by atoms with van der Waals surface area (Å²) in [5.74, 6) is -0.838. The molecule has 0 radical (unpaired) electrons. The standard InChI is InChI=1S/C11H14N2O3/c14-9(5-6-10(15)16)11-12-7-3-1-2-4-8(7)13-11/h1-6H2,(H,12,13)(H,15,16). The summed E-state index contributed by atoms with van der Waals surface area (Å²) in [6.45, 7) is 0. The first-order valence-corrected chi connectivity index (χ1v) is 5.49. The first kappa shape index (κ1) is 10.9. The summed E-state index contributed by atoms with van der Waals surface area (Å²) < 4.78 is 0. The molecule has 0 aromatic carbocycles. The number of rotatable bonds is 4. The Balaban J connectivity index is 2.06. The highest BCUT2D eigenvalue weighted by atomic mass is 16.4. The van der Waals surface area contributed by atoms with Crippen LogP contribution in [0.2, 0.25) is 0 Å². The van der Waals surface area contributed by atoms with Gasteiger partial charge in [0, 0.05) is 12.1 Å². The van der Waals surface area contributed by atoms with Crippen LogP contribution in [0.25, 0.3) is 0 Å². The quantitative estimate of drug-likeness (QED) is 0.753. The summed E-state index contributed by atoms with van der Waals surface area (Å²) in [6.07, 6.45) is 3.97. The molecule has 86 valence electrons. The number of nitrogens with one attached hydrogen (secondary N) is 1. The van der Waals surface area contributed by atoms with Gasteiger partial charge in [0.1, 0.15) is 0 Å². The van der Waals surface area contributed by atoms with Crippen LogP contribution in [0.4, 0.5) is 0 Å². The van der Waals surface area contributed by atoms with E-state index in [1.54, 1.807) is 0 Å². The number of nitrogens with zero attached hydrogens (tertiary/aromatic N) is 1. The van der Waals surface area contributed by atoms with Gasteiger partial charge < -0.3 is 10.1 Å². The highest BCUT2D eigenvalue weighted by Crippen LogP contribution is 2.19. The van der Waals surface area contributed by atoms with Gasteiger partial charge in [0.25, 0.3) is 0 Å². The second-order valence-corrected chi connectivity index (χ2v) is 4.03. The Hall–Kier alpha value is -1.65. The highest BCUT2D eigenvalue weighted by Gasteiger charge is 2.18. The molecule has 0 bridgehead atoms. The van der Waals surface area contributed by atoms with E-state index < -0.39 is 5.97 Å². The zero-order valence-electron chi connectivity index (χ0n) is 8.95. The van der Waals surface area contributed by atoms with Crippen LogP contribution in [-0.2, 0) is 17.6 Å². The van der Waals surface area contributed by atoms with Crippen molar-refractivity contribution in [3.8, 4) is 0 Å². The van der Waals surface area contributed by atoms with Crippen LogP contribution < -0.4 is 0 Å². The number of ketones is 1. The topological polar surface area (TPSA) is 83.0 Å². The summed E-state index contributed by atoms with van der Waals surface area (Å²) in [6, 6.07) is 0. The number of imidazole rings is 1. The lowest BCUT2D eigenvalue weighted by molar-refractivity contribution is -0.136. The molecule has 2 N–H and O–H groups in total. The van der Waals surface area contributed by atoms with Crippen LogP contribution in [0.3, 0.4) is 0 Å². The van der Waals surface area contributed by atoms with Gasteiger partial charge in [0.05, 0.1) is 12.1 Å². The molecule has 0 saturated carbocycles. The van der Waals surface area contributed by atoms with E-state index in [1.165, 1.54) is 0 Å². The van der Waals surface area contributed by atoms with Crippen molar-refractivity contribution in [3.05, 3.63) is 17.2 Å². The molecule has 1 aliphatic rings. The van der Waals surface area contributed by atoms with E-state index in [4.69, 9.17) is 5.11 Å². The van der Waals surface area contributed by atoms with Crippen molar-refractivity contribution in [1.29, 1.82) is 0 Å². The second-order valence-electron chi connectivity index (χ2n) is 4.03. The van der Waals surface area contributed by atoms with Crippen molar-refractivity contribution in [2.24, 2.45) is 0 Å². The summed E-state index contributed by atoms with van der Waals surface area (Å²) in [4.78, 5) is 29.2. The molecule has 16 heavy (non-hydrogen) atoms. The summed E-state index contributed by atoms with van der Waals surface area (Å²) >= 11 is 0. The molecule has 5 heteroatoms. The number of hydrogen-bond donors (Lipinski definition) is 2. The molecule has 0 amide bonds. The van der Waals surface area contributed by atoms with Gasteiger partial charge in [-0.05, 0) is 25.7 Å². The van der Waals surface area contributed by atoms with Gasteiger partial charge >= 0.3 is 5.97 Å². The van der Waals surface area contributed by atoms with E-state index in [-0.39, 0.29) is 18.6 Å². The maximum atomic E-state index is 11.6. The summed E-state index contributed by atoms with van der Waals surface area (Å²) in [7, 11) is 0. The average Bonchev–Trinajstić information content (AvgIpc) is 2.69. The van der Waals surface area contributed by atoms with Crippen molar-refractivity contribution in [2.75, 3.05) is 0 Å². The van der Waals surface area contributed by atoms with Crippen LogP contribution >= 0.6 is 0 Å². The zero-order valence-corrected chi connectivity index (χ0v) is 8.95. The lowest BCUT2D eigenvalue weighted by Crippen LogP contribution is -2.05. The number of carboxylic acids is 1. The minimum absolute atomic E-state index is 0.0156. The predicted octanol–water partition coefficient (Wildman–Crippen LogP) is 1.34. The van der Waals surface area contributed by atoms with Crippen molar-refractivity contribution in [2.45, 2.75) is 38.5 Å². The van der Waals surface area contributed by atoms with E-state index in [9.17, 15) is 9.59 Å². The van der Waals surface area contributed by atoms with Gasteiger partial charge in [0.2, 0.25) is 0 Å². The fourth-order valence-corrected chi connectivity index (χ4v) is 1.92. The Kier molecular flexibility index (Phi) is 3.03. The maximum absolute atomic E-state index is 11.6. The monoisotopic (exact) mass is 222 g/mol. The van der Waals surface area contributed by atoms with Crippen molar-refractivity contribution in [1.82, 2.24) is 9.97 Å². The Bertz CT molecular complexity index is 399. The van der Waals surface area contributed by atoms with Crippen LogP contribution in [-0.4, -0.2) is 26.8 Å². The fourth-order valence-electron chi connectivity index (χ4n) is 1.92. The number of aromatic amines is 1. The predicted molar refractivity (Wildman–Crippen MR) is 56.4 cm³/mol. The molecule has 0 saturated heterocycles. The number of H-pyrrole nitrogens is 1.